The zero-order chi connectivity index (χ0) is 13.1. The van der Waals surface area contributed by atoms with Gasteiger partial charge in [0.25, 0.3) is 0 Å². The lowest BCUT2D eigenvalue weighted by Gasteiger charge is -2.10. The van der Waals surface area contributed by atoms with Crippen LogP contribution in [0.5, 0.6) is 0 Å². The van der Waals surface area contributed by atoms with Crippen LogP contribution in [0.15, 0.2) is 16.6 Å². The summed E-state index contributed by atoms with van der Waals surface area (Å²) in [5.41, 5.74) is 0.499. The van der Waals surface area contributed by atoms with Crippen LogP contribution in [0.2, 0.25) is 5.02 Å². The molecule has 1 N–H and O–H groups in total. The highest BCUT2D eigenvalue weighted by Crippen LogP contribution is 2.31. The molecular weight excluding hydrogens is 333 g/mol. The predicted molar refractivity (Wildman–Crippen MR) is 71.9 cm³/mol. The molecule has 1 rings (SSSR count). The molecule has 0 amide bonds. The van der Waals surface area contributed by atoms with Gasteiger partial charge in [0.05, 0.1) is 16.5 Å². The predicted octanol–water partition coefficient (Wildman–Crippen LogP) is 3.09. The molecule has 1 aromatic carbocycles. The number of hydrogen-bond acceptors (Lipinski definition) is 3. The number of sulfone groups is 1. The summed E-state index contributed by atoms with van der Waals surface area (Å²) >= 11 is 9.00. The second kappa shape index (κ2) is 6.02. The van der Waals surface area contributed by atoms with E-state index in [1.807, 2.05) is 0 Å². The van der Waals surface area contributed by atoms with Gasteiger partial charge in [-0.2, -0.15) is 0 Å². The Bertz CT molecular complexity index is 484. The topological polar surface area (TPSA) is 46.2 Å². The minimum absolute atomic E-state index is 0.0175. The maximum atomic E-state index is 12.9. The molecule has 0 atom stereocenters. The Morgan fingerprint density at radius 3 is 2.65 bits per heavy atom. The van der Waals surface area contributed by atoms with Gasteiger partial charge in [0.15, 0.2) is 9.84 Å². The Morgan fingerprint density at radius 1 is 1.47 bits per heavy atom. The molecule has 0 heterocycles. The molecule has 0 aliphatic carbocycles. The Balaban J connectivity index is 2.71. The van der Waals surface area contributed by atoms with E-state index in [-0.39, 0.29) is 23.1 Å². The first-order valence-electron chi connectivity index (χ1n) is 4.94. The lowest BCUT2D eigenvalue weighted by atomic mass is 10.3. The van der Waals surface area contributed by atoms with E-state index in [2.05, 4.69) is 21.2 Å². The summed E-state index contributed by atoms with van der Waals surface area (Å²) in [6.07, 6.45) is 0. The summed E-state index contributed by atoms with van der Waals surface area (Å²) in [6, 6.07) is 2.44. The third-order valence-corrected chi connectivity index (χ3v) is 4.79. The number of rotatable bonds is 5. The molecule has 0 radical (unpaired) electrons. The first-order chi connectivity index (χ1) is 7.85. The van der Waals surface area contributed by atoms with E-state index < -0.39 is 15.7 Å². The molecule has 0 saturated carbocycles. The van der Waals surface area contributed by atoms with Crippen LogP contribution in [0.3, 0.4) is 0 Å². The van der Waals surface area contributed by atoms with Crippen LogP contribution in [-0.4, -0.2) is 26.5 Å². The van der Waals surface area contributed by atoms with E-state index in [0.717, 1.165) is 0 Å². The number of nitrogens with one attached hydrogen (secondary N) is 1. The molecule has 0 aliphatic rings. The standard InChI is InChI=1S/C10H12BrClFNO2S/c1-2-17(15,16)4-3-14-10-8(11)5-7(13)6-9(10)12/h5-6,14H,2-4H2,1H3. The molecule has 0 unspecified atom stereocenters. The highest BCUT2D eigenvalue weighted by Gasteiger charge is 2.10. The SMILES string of the molecule is CCS(=O)(=O)CCNc1c(Cl)cc(F)cc1Br. The summed E-state index contributed by atoms with van der Waals surface area (Å²) in [7, 11) is -3.02. The highest BCUT2D eigenvalue weighted by atomic mass is 79.9. The van der Waals surface area contributed by atoms with Gasteiger partial charge >= 0.3 is 0 Å². The van der Waals surface area contributed by atoms with Gasteiger partial charge in [-0.1, -0.05) is 18.5 Å². The third kappa shape index (κ3) is 4.44. The molecule has 0 aromatic heterocycles. The highest BCUT2D eigenvalue weighted by molar-refractivity contribution is 9.10. The van der Waals surface area contributed by atoms with Crippen LogP contribution in [0, 0.1) is 5.82 Å². The molecule has 17 heavy (non-hydrogen) atoms. The number of benzene rings is 1. The van der Waals surface area contributed by atoms with E-state index in [0.29, 0.717) is 10.2 Å². The van der Waals surface area contributed by atoms with Gasteiger partial charge in [-0.15, -0.1) is 0 Å². The van der Waals surface area contributed by atoms with Crippen LogP contribution < -0.4 is 5.32 Å². The summed E-state index contributed by atoms with van der Waals surface area (Å²) in [5.74, 6) is -0.329. The average Bonchev–Trinajstić information content (AvgIpc) is 2.22. The van der Waals surface area contributed by atoms with E-state index in [1.165, 1.54) is 12.1 Å². The van der Waals surface area contributed by atoms with Crippen LogP contribution in [0.1, 0.15) is 6.92 Å². The monoisotopic (exact) mass is 343 g/mol. The fraction of sp³-hybridized carbons (Fsp3) is 0.400. The molecule has 0 aliphatic heterocycles. The fourth-order valence-corrected chi connectivity index (χ4v) is 2.85. The molecule has 0 fully saturated rings. The van der Waals surface area contributed by atoms with Gasteiger partial charge in [0, 0.05) is 16.8 Å². The Kier molecular flexibility index (Phi) is 5.22. The van der Waals surface area contributed by atoms with Crippen molar-refractivity contribution in [3.05, 3.63) is 27.4 Å². The van der Waals surface area contributed by atoms with Crippen LogP contribution in [0.25, 0.3) is 0 Å². The van der Waals surface area contributed by atoms with Crippen molar-refractivity contribution >= 4 is 43.1 Å². The van der Waals surface area contributed by atoms with Crippen LogP contribution >= 0.6 is 27.5 Å². The molecule has 96 valence electrons. The first kappa shape index (κ1) is 14.7. The Morgan fingerprint density at radius 2 is 2.12 bits per heavy atom. The fourth-order valence-electron chi connectivity index (χ4n) is 1.19. The van der Waals surface area contributed by atoms with Crippen molar-refractivity contribution < 1.29 is 12.8 Å². The van der Waals surface area contributed by atoms with Crippen molar-refractivity contribution in [1.82, 2.24) is 0 Å². The van der Waals surface area contributed by atoms with E-state index in [4.69, 9.17) is 11.6 Å². The van der Waals surface area contributed by atoms with Crippen molar-refractivity contribution in [3.8, 4) is 0 Å². The van der Waals surface area contributed by atoms with Crippen molar-refractivity contribution in [3.63, 3.8) is 0 Å². The zero-order valence-corrected chi connectivity index (χ0v) is 12.3. The third-order valence-electron chi connectivity index (χ3n) is 2.16. The largest absolute Gasteiger partial charge is 0.382 e. The van der Waals surface area contributed by atoms with Gasteiger partial charge in [-0.3, -0.25) is 0 Å². The van der Waals surface area contributed by atoms with Gasteiger partial charge in [0.2, 0.25) is 0 Å². The van der Waals surface area contributed by atoms with Gasteiger partial charge in [0.1, 0.15) is 5.82 Å². The van der Waals surface area contributed by atoms with Gasteiger partial charge in [-0.05, 0) is 28.1 Å². The smallest absolute Gasteiger partial charge is 0.151 e. The molecule has 0 bridgehead atoms. The molecule has 0 saturated heterocycles. The lowest BCUT2D eigenvalue weighted by Crippen LogP contribution is -2.17. The van der Waals surface area contributed by atoms with E-state index >= 15 is 0 Å². The van der Waals surface area contributed by atoms with Crippen molar-refractivity contribution in [2.24, 2.45) is 0 Å². The van der Waals surface area contributed by atoms with Crippen LogP contribution in [-0.2, 0) is 9.84 Å². The zero-order valence-electron chi connectivity index (χ0n) is 9.13. The Hall–Kier alpha value is -0.330. The summed E-state index contributed by atoms with van der Waals surface area (Å²) < 4.78 is 35.9. The quantitative estimate of drug-likeness (QED) is 0.893. The second-order valence-corrected chi connectivity index (χ2v) is 7.14. The summed E-state index contributed by atoms with van der Waals surface area (Å²) in [5, 5.41) is 3.09. The first-order valence-corrected chi connectivity index (χ1v) is 7.94. The molecule has 0 spiro atoms. The van der Waals surface area contributed by atoms with Crippen molar-refractivity contribution in [2.45, 2.75) is 6.92 Å². The van der Waals surface area contributed by atoms with E-state index in [1.54, 1.807) is 6.92 Å². The average molecular weight is 345 g/mol. The minimum atomic E-state index is -3.02. The maximum Gasteiger partial charge on any atom is 0.151 e. The minimum Gasteiger partial charge on any atom is -0.382 e. The van der Waals surface area contributed by atoms with E-state index in [9.17, 15) is 12.8 Å². The molecule has 3 nitrogen and oxygen atoms in total. The lowest BCUT2D eigenvalue weighted by molar-refractivity contribution is 0.597. The number of hydrogen-bond donors (Lipinski definition) is 1. The van der Waals surface area contributed by atoms with Gasteiger partial charge in [-0.25, -0.2) is 12.8 Å². The van der Waals surface area contributed by atoms with Crippen LogP contribution in [0.4, 0.5) is 10.1 Å². The molecule has 1 aromatic rings. The molecular formula is C10H12BrClFNO2S. The second-order valence-electron chi connectivity index (χ2n) is 3.41. The molecule has 7 heteroatoms. The number of anilines is 1. The maximum absolute atomic E-state index is 12.9. The van der Waals surface area contributed by atoms with Crippen molar-refractivity contribution in [2.75, 3.05) is 23.4 Å². The summed E-state index contributed by atoms with van der Waals surface area (Å²) in [6.45, 7) is 1.83. The number of halogens is 3. The van der Waals surface area contributed by atoms with Crippen molar-refractivity contribution in [1.29, 1.82) is 0 Å². The van der Waals surface area contributed by atoms with Gasteiger partial charge < -0.3 is 5.32 Å². The normalized spacial score (nSPS) is 11.5. The Labute approximate surface area is 113 Å². The summed E-state index contributed by atoms with van der Waals surface area (Å²) in [4.78, 5) is 0.